The smallest absolute Gasteiger partial charge is 0.379 e. The van der Waals surface area contributed by atoms with Gasteiger partial charge in [-0.15, -0.1) is 0 Å². The number of fused-ring (bicyclic) bond motifs is 1. The first-order chi connectivity index (χ1) is 13.1. The zero-order valence-corrected chi connectivity index (χ0v) is 14.3. The van der Waals surface area contributed by atoms with Crippen LogP contribution in [0.4, 0.5) is 0 Å². The molecule has 3 aromatic rings. The number of hydrogen-bond donors (Lipinski definition) is 0. The second-order valence-electron chi connectivity index (χ2n) is 5.74. The molecule has 1 aliphatic heterocycles. The largest absolute Gasteiger partial charge is 0.497 e. The third kappa shape index (κ3) is 3.32. The number of ketones is 1. The van der Waals surface area contributed by atoms with Gasteiger partial charge in [-0.1, -0.05) is 12.1 Å². The average Bonchev–Trinajstić information content (AvgIpc) is 3.31. The van der Waals surface area contributed by atoms with Gasteiger partial charge in [0.2, 0.25) is 11.5 Å². The lowest BCUT2D eigenvalue weighted by Gasteiger charge is -2.04. The highest BCUT2D eigenvalue weighted by Gasteiger charge is 2.27. The zero-order chi connectivity index (χ0) is 18.8. The van der Waals surface area contributed by atoms with Crippen LogP contribution in [0.2, 0.25) is 0 Å². The number of methoxy groups -OCH3 is 1. The predicted octanol–water partition coefficient (Wildman–Crippen LogP) is 4.12. The van der Waals surface area contributed by atoms with Crippen LogP contribution in [0, 0.1) is 0 Å². The minimum Gasteiger partial charge on any atom is -0.497 e. The van der Waals surface area contributed by atoms with Crippen LogP contribution in [0.1, 0.15) is 26.5 Å². The maximum atomic E-state index is 12.5. The van der Waals surface area contributed by atoms with Crippen molar-refractivity contribution in [1.29, 1.82) is 0 Å². The summed E-state index contributed by atoms with van der Waals surface area (Å²) in [5.41, 5.74) is 1.13. The Hall–Kier alpha value is -3.80. The fourth-order valence-electron chi connectivity index (χ4n) is 2.67. The second-order valence-corrected chi connectivity index (χ2v) is 5.74. The topological polar surface area (TPSA) is 75.0 Å². The number of Topliss-reactive ketones (excluding diaryl/α,β-unsaturated/α-hetero) is 1. The number of carbonyl (C=O) groups is 2. The maximum Gasteiger partial charge on any atom is 0.379 e. The van der Waals surface area contributed by atoms with Crippen molar-refractivity contribution < 1.29 is 28.2 Å². The van der Waals surface area contributed by atoms with Gasteiger partial charge in [0.25, 0.3) is 0 Å². The summed E-state index contributed by atoms with van der Waals surface area (Å²) >= 11 is 0. The molecule has 6 nitrogen and oxygen atoms in total. The normalized spacial score (nSPS) is 14.0. The molecule has 0 fully saturated rings. The van der Waals surface area contributed by atoms with Crippen molar-refractivity contribution >= 4 is 17.8 Å². The van der Waals surface area contributed by atoms with Gasteiger partial charge in [0.15, 0.2) is 5.76 Å². The molecule has 27 heavy (non-hydrogen) atoms. The van der Waals surface area contributed by atoms with Gasteiger partial charge >= 0.3 is 5.97 Å². The second kappa shape index (κ2) is 6.84. The monoisotopic (exact) mass is 362 g/mol. The van der Waals surface area contributed by atoms with Crippen LogP contribution in [-0.2, 0) is 0 Å². The Morgan fingerprint density at radius 1 is 1.04 bits per heavy atom. The van der Waals surface area contributed by atoms with E-state index in [1.807, 2.05) is 0 Å². The third-order valence-corrected chi connectivity index (χ3v) is 3.97. The standard InChI is InChI=1S/C21H14O6/c1-24-14-7-8-16-18(12-14)27-19(20(16)22)11-13-4-2-5-15(10-13)26-21(23)17-6-3-9-25-17/h2-12H,1H3/b19-11-. The summed E-state index contributed by atoms with van der Waals surface area (Å²) in [7, 11) is 1.55. The fourth-order valence-corrected chi connectivity index (χ4v) is 2.67. The van der Waals surface area contributed by atoms with Gasteiger partial charge in [-0.2, -0.15) is 0 Å². The van der Waals surface area contributed by atoms with Crippen molar-refractivity contribution in [3.63, 3.8) is 0 Å². The predicted molar refractivity (Wildman–Crippen MR) is 96.0 cm³/mol. The fraction of sp³-hybridized carbons (Fsp3) is 0.0476. The Morgan fingerprint density at radius 2 is 1.93 bits per heavy atom. The molecule has 1 aromatic heterocycles. The molecular weight excluding hydrogens is 348 g/mol. The molecule has 0 bridgehead atoms. The molecule has 0 saturated heterocycles. The Labute approximate surface area is 154 Å². The highest BCUT2D eigenvalue weighted by molar-refractivity contribution is 6.14. The van der Waals surface area contributed by atoms with Gasteiger partial charge in [0.05, 0.1) is 18.9 Å². The Morgan fingerprint density at radius 3 is 2.70 bits per heavy atom. The van der Waals surface area contributed by atoms with Crippen molar-refractivity contribution in [2.45, 2.75) is 0 Å². The van der Waals surface area contributed by atoms with Gasteiger partial charge < -0.3 is 18.6 Å². The van der Waals surface area contributed by atoms with E-state index in [2.05, 4.69) is 0 Å². The first kappa shape index (κ1) is 16.7. The number of allylic oxidation sites excluding steroid dienone is 1. The number of ether oxygens (including phenoxy) is 3. The minimum atomic E-state index is -0.600. The molecule has 0 N–H and O–H groups in total. The summed E-state index contributed by atoms with van der Waals surface area (Å²) in [4.78, 5) is 24.5. The van der Waals surface area contributed by atoms with Crippen molar-refractivity contribution in [3.05, 3.63) is 83.5 Å². The highest BCUT2D eigenvalue weighted by atomic mass is 16.5. The molecule has 1 aliphatic rings. The molecule has 2 heterocycles. The van der Waals surface area contributed by atoms with Crippen LogP contribution in [0.15, 0.2) is 71.0 Å². The SMILES string of the molecule is COc1ccc2c(c1)O/C(=C\c1cccc(OC(=O)c3ccco3)c1)C2=O. The van der Waals surface area contributed by atoms with Gasteiger partial charge in [0.1, 0.15) is 17.2 Å². The van der Waals surface area contributed by atoms with E-state index in [0.29, 0.717) is 28.4 Å². The molecular formula is C21H14O6. The van der Waals surface area contributed by atoms with Crippen LogP contribution in [0.3, 0.4) is 0 Å². The average molecular weight is 362 g/mol. The third-order valence-electron chi connectivity index (χ3n) is 3.97. The van der Waals surface area contributed by atoms with Gasteiger partial charge in [-0.05, 0) is 48.0 Å². The zero-order valence-electron chi connectivity index (χ0n) is 14.3. The molecule has 0 radical (unpaired) electrons. The van der Waals surface area contributed by atoms with Crippen molar-refractivity contribution in [2.24, 2.45) is 0 Å². The summed E-state index contributed by atoms with van der Waals surface area (Å²) in [6.07, 6.45) is 2.99. The summed E-state index contributed by atoms with van der Waals surface area (Å²) in [5, 5.41) is 0. The first-order valence-electron chi connectivity index (χ1n) is 8.12. The Kier molecular flexibility index (Phi) is 4.22. The molecule has 2 aromatic carbocycles. The molecule has 0 unspecified atom stereocenters. The van der Waals surface area contributed by atoms with Gasteiger partial charge in [-0.25, -0.2) is 4.79 Å². The Balaban J connectivity index is 1.56. The van der Waals surface area contributed by atoms with E-state index in [1.165, 1.54) is 12.3 Å². The van der Waals surface area contributed by atoms with Gasteiger partial charge in [0, 0.05) is 6.07 Å². The highest BCUT2D eigenvalue weighted by Crippen LogP contribution is 2.35. The van der Waals surface area contributed by atoms with Crippen LogP contribution < -0.4 is 14.2 Å². The molecule has 134 valence electrons. The Bertz CT molecular complexity index is 1050. The van der Waals surface area contributed by atoms with E-state index < -0.39 is 5.97 Å². The van der Waals surface area contributed by atoms with Crippen LogP contribution in [-0.4, -0.2) is 18.9 Å². The molecule has 4 rings (SSSR count). The summed E-state index contributed by atoms with van der Waals surface area (Å²) in [6.45, 7) is 0. The van der Waals surface area contributed by atoms with Gasteiger partial charge in [-0.3, -0.25) is 4.79 Å². The summed E-state index contributed by atoms with van der Waals surface area (Å²) < 4.78 is 21.1. The van der Waals surface area contributed by atoms with E-state index >= 15 is 0 Å². The number of esters is 1. The van der Waals surface area contributed by atoms with E-state index in [9.17, 15) is 9.59 Å². The lowest BCUT2D eigenvalue weighted by Crippen LogP contribution is -2.07. The van der Waals surface area contributed by atoms with E-state index in [-0.39, 0.29) is 17.3 Å². The molecule has 0 atom stereocenters. The lowest BCUT2D eigenvalue weighted by atomic mass is 10.1. The number of rotatable bonds is 4. The van der Waals surface area contributed by atoms with Crippen LogP contribution >= 0.6 is 0 Å². The van der Waals surface area contributed by atoms with Crippen molar-refractivity contribution in [1.82, 2.24) is 0 Å². The quantitative estimate of drug-likeness (QED) is 0.395. The van der Waals surface area contributed by atoms with E-state index in [0.717, 1.165) is 0 Å². The molecule has 0 spiro atoms. The number of furan rings is 1. The molecule has 6 heteroatoms. The van der Waals surface area contributed by atoms with Crippen molar-refractivity contribution in [2.75, 3.05) is 7.11 Å². The number of hydrogen-bond acceptors (Lipinski definition) is 6. The molecule has 0 amide bonds. The number of benzene rings is 2. The van der Waals surface area contributed by atoms with E-state index in [1.54, 1.807) is 61.7 Å². The lowest BCUT2D eigenvalue weighted by molar-refractivity contribution is 0.0701. The molecule has 0 saturated carbocycles. The van der Waals surface area contributed by atoms with E-state index in [4.69, 9.17) is 18.6 Å². The molecule has 0 aliphatic carbocycles. The maximum absolute atomic E-state index is 12.5. The van der Waals surface area contributed by atoms with Crippen LogP contribution in [0.25, 0.3) is 6.08 Å². The first-order valence-corrected chi connectivity index (χ1v) is 8.12. The summed E-state index contributed by atoms with van der Waals surface area (Å²) in [6, 6.07) is 14.9. The van der Waals surface area contributed by atoms with Crippen LogP contribution in [0.5, 0.6) is 17.2 Å². The number of carbonyl (C=O) groups excluding carboxylic acids is 2. The minimum absolute atomic E-state index is 0.109. The summed E-state index contributed by atoms with van der Waals surface area (Å²) in [5.74, 6) is 0.865. The van der Waals surface area contributed by atoms with Crippen molar-refractivity contribution in [3.8, 4) is 17.2 Å².